The molecular formula is C12H19N3O2. The summed E-state index contributed by atoms with van der Waals surface area (Å²) in [5.41, 5.74) is 7.85. The molecule has 5 heteroatoms. The molecule has 0 radical (unpaired) electrons. The van der Waals surface area contributed by atoms with Crippen LogP contribution < -0.4 is 16.0 Å². The fourth-order valence-electron chi connectivity index (χ4n) is 1.49. The number of rotatable bonds is 5. The van der Waals surface area contributed by atoms with E-state index in [-0.39, 0.29) is 12.5 Å². The van der Waals surface area contributed by atoms with E-state index in [2.05, 4.69) is 5.32 Å². The summed E-state index contributed by atoms with van der Waals surface area (Å²) in [5, 5.41) is 11.3. The second-order valence-corrected chi connectivity index (χ2v) is 4.00. The van der Waals surface area contributed by atoms with E-state index in [0.717, 1.165) is 5.69 Å². The van der Waals surface area contributed by atoms with Gasteiger partial charge < -0.3 is 21.1 Å². The number of hydrogen-bond acceptors (Lipinski definition) is 4. The van der Waals surface area contributed by atoms with Crippen molar-refractivity contribution in [3.05, 3.63) is 23.8 Å². The van der Waals surface area contributed by atoms with Gasteiger partial charge in [0.25, 0.3) is 5.91 Å². The quantitative estimate of drug-likeness (QED) is 0.513. The summed E-state index contributed by atoms with van der Waals surface area (Å²) in [6.45, 7) is 0.534. The van der Waals surface area contributed by atoms with Crippen molar-refractivity contribution in [1.82, 2.24) is 5.32 Å². The first-order valence-electron chi connectivity index (χ1n) is 5.52. The number of aliphatic hydroxyl groups excluding tert-OH is 1. The van der Waals surface area contributed by atoms with E-state index >= 15 is 0 Å². The van der Waals surface area contributed by atoms with Gasteiger partial charge in [-0.25, -0.2) is 0 Å². The molecule has 0 aliphatic rings. The number of carbonyl (C=O) groups excluding carboxylic acids is 1. The molecule has 0 heterocycles. The van der Waals surface area contributed by atoms with Gasteiger partial charge in [-0.05, 0) is 24.6 Å². The number of nitrogens with one attached hydrogen (secondary N) is 1. The molecule has 0 aliphatic carbocycles. The van der Waals surface area contributed by atoms with Gasteiger partial charge >= 0.3 is 0 Å². The second-order valence-electron chi connectivity index (χ2n) is 4.00. The van der Waals surface area contributed by atoms with Crippen molar-refractivity contribution in [2.24, 2.45) is 0 Å². The molecule has 0 saturated carbocycles. The number of aliphatic hydroxyl groups is 1. The van der Waals surface area contributed by atoms with Gasteiger partial charge in [0.15, 0.2) is 0 Å². The van der Waals surface area contributed by atoms with Crippen molar-refractivity contribution in [3.63, 3.8) is 0 Å². The van der Waals surface area contributed by atoms with E-state index in [9.17, 15) is 4.79 Å². The largest absolute Gasteiger partial charge is 0.397 e. The molecule has 0 spiro atoms. The molecule has 1 aromatic carbocycles. The van der Waals surface area contributed by atoms with Crippen molar-refractivity contribution in [1.29, 1.82) is 0 Å². The van der Waals surface area contributed by atoms with E-state index in [1.807, 2.05) is 25.1 Å². The Bertz CT molecular complexity index is 391. The van der Waals surface area contributed by atoms with Gasteiger partial charge in [-0.15, -0.1) is 0 Å². The Morgan fingerprint density at radius 1 is 1.47 bits per heavy atom. The van der Waals surface area contributed by atoms with Crippen LogP contribution in [-0.4, -0.2) is 38.3 Å². The molecule has 1 rings (SSSR count). The Morgan fingerprint density at radius 2 is 2.18 bits per heavy atom. The number of nitrogen functional groups attached to an aromatic ring is 1. The van der Waals surface area contributed by atoms with Gasteiger partial charge in [-0.3, -0.25) is 4.79 Å². The number of nitrogens with zero attached hydrogens (tertiary/aromatic N) is 1. The molecule has 4 N–H and O–H groups in total. The van der Waals surface area contributed by atoms with Crippen LogP contribution in [0.4, 0.5) is 11.4 Å². The van der Waals surface area contributed by atoms with E-state index in [4.69, 9.17) is 10.8 Å². The summed E-state index contributed by atoms with van der Waals surface area (Å²) in [4.78, 5) is 13.6. The lowest BCUT2D eigenvalue weighted by atomic mass is 10.1. The Morgan fingerprint density at radius 3 is 2.71 bits per heavy atom. The third-order valence-corrected chi connectivity index (χ3v) is 2.39. The molecule has 1 aromatic rings. The lowest BCUT2D eigenvalue weighted by Gasteiger charge is -2.15. The zero-order valence-corrected chi connectivity index (χ0v) is 10.2. The highest BCUT2D eigenvalue weighted by Gasteiger charge is 2.08. The second kappa shape index (κ2) is 6.10. The molecule has 1 amide bonds. The monoisotopic (exact) mass is 237 g/mol. The number of benzene rings is 1. The third-order valence-electron chi connectivity index (χ3n) is 2.39. The van der Waals surface area contributed by atoms with Crippen LogP contribution in [0.25, 0.3) is 0 Å². The summed E-state index contributed by atoms with van der Waals surface area (Å²) < 4.78 is 0. The first-order chi connectivity index (χ1) is 8.06. The normalized spacial score (nSPS) is 10.1. The molecule has 0 atom stereocenters. The summed E-state index contributed by atoms with van der Waals surface area (Å²) in [5.74, 6) is -0.171. The topological polar surface area (TPSA) is 78.6 Å². The van der Waals surface area contributed by atoms with E-state index < -0.39 is 0 Å². The summed E-state index contributed by atoms with van der Waals surface area (Å²) in [7, 11) is 3.79. The molecule has 0 fully saturated rings. The van der Waals surface area contributed by atoms with Gasteiger partial charge in [-0.2, -0.15) is 0 Å². The fraction of sp³-hybridized carbons (Fsp3) is 0.417. The van der Waals surface area contributed by atoms with Crippen molar-refractivity contribution in [2.75, 3.05) is 37.9 Å². The van der Waals surface area contributed by atoms with Crippen LogP contribution in [0.2, 0.25) is 0 Å². The van der Waals surface area contributed by atoms with Crippen LogP contribution in [0.3, 0.4) is 0 Å². The minimum absolute atomic E-state index is 0.0714. The molecule has 0 bridgehead atoms. The summed E-state index contributed by atoms with van der Waals surface area (Å²) >= 11 is 0. The first kappa shape index (κ1) is 13.3. The number of hydrogen-bond donors (Lipinski definition) is 3. The van der Waals surface area contributed by atoms with Crippen LogP contribution in [0, 0.1) is 0 Å². The Labute approximate surface area is 101 Å². The van der Waals surface area contributed by atoms with Crippen LogP contribution >= 0.6 is 0 Å². The van der Waals surface area contributed by atoms with Crippen molar-refractivity contribution < 1.29 is 9.90 Å². The lowest BCUT2D eigenvalue weighted by molar-refractivity contribution is 0.0951. The van der Waals surface area contributed by atoms with Crippen molar-refractivity contribution >= 4 is 17.3 Å². The maximum Gasteiger partial charge on any atom is 0.251 e. The van der Waals surface area contributed by atoms with Crippen LogP contribution in [-0.2, 0) is 0 Å². The molecule has 0 saturated heterocycles. The smallest absolute Gasteiger partial charge is 0.251 e. The SMILES string of the molecule is CN(C)c1ccc(C(=O)NCCCO)cc1N. The predicted molar refractivity (Wildman–Crippen MR) is 69.2 cm³/mol. The number of carbonyl (C=O) groups is 1. The van der Waals surface area contributed by atoms with Gasteiger partial charge in [0.2, 0.25) is 0 Å². The molecule has 94 valence electrons. The standard InChI is InChI=1S/C12H19N3O2/c1-15(2)11-5-4-9(8-10(11)13)12(17)14-6-3-7-16/h4-5,8,16H,3,6-7,13H2,1-2H3,(H,14,17). The Hall–Kier alpha value is -1.75. The van der Waals surface area contributed by atoms with Gasteiger partial charge in [0.1, 0.15) is 0 Å². The summed E-state index contributed by atoms with van der Waals surface area (Å²) in [6, 6.07) is 5.21. The average Bonchev–Trinajstić information content (AvgIpc) is 2.28. The van der Waals surface area contributed by atoms with E-state index in [1.165, 1.54) is 0 Å². The van der Waals surface area contributed by atoms with Crippen LogP contribution in [0.5, 0.6) is 0 Å². The van der Waals surface area contributed by atoms with Crippen molar-refractivity contribution in [3.8, 4) is 0 Å². The predicted octanol–water partition coefficient (Wildman–Crippen LogP) is 0.447. The van der Waals surface area contributed by atoms with Gasteiger partial charge in [0.05, 0.1) is 11.4 Å². The van der Waals surface area contributed by atoms with Crippen LogP contribution in [0.1, 0.15) is 16.8 Å². The fourth-order valence-corrected chi connectivity index (χ4v) is 1.49. The zero-order valence-electron chi connectivity index (χ0n) is 10.2. The molecular weight excluding hydrogens is 218 g/mol. The molecule has 0 unspecified atom stereocenters. The average molecular weight is 237 g/mol. The number of amides is 1. The molecule has 0 aromatic heterocycles. The maximum atomic E-state index is 11.7. The van der Waals surface area contributed by atoms with E-state index in [0.29, 0.717) is 24.2 Å². The first-order valence-corrected chi connectivity index (χ1v) is 5.52. The number of anilines is 2. The minimum atomic E-state index is -0.171. The Kier molecular flexibility index (Phi) is 4.78. The van der Waals surface area contributed by atoms with Gasteiger partial charge in [-0.1, -0.05) is 0 Å². The maximum absolute atomic E-state index is 11.7. The highest BCUT2D eigenvalue weighted by molar-refractivity contribution is 5.96. The molecule has 5 nitrogen and oxygen atoms in total. The third kappa shape index (κ3) is 3.64. The molecule has 17 heavy (non-hydrogen) atoms. The van der Waals surface area contributed by atoms with E-state index in [1.54, 1.807) is 12.1 Å². The molecule has 0 aliphatic heterocycles. The highest BCUT2D eigenvalue weighted by atomic mass is 16.3. The number of nitrogens with two attached hydrogens (primary N) is 1. The van der Waals surface area contributed by atoms with Crippen LogP contribution in [0.15, 0.2) is 18.2 Å². The minimum Gasteiger partial charge on any atom is -0.397 e. The summed E-state index contributed by atoms with van der Waals surface area (Å²) in [6.07, 6.45) is 0.553. The highest BCUT2D eigenvalue weighted by Crippen LogP contribution is 2.22. The Balaban J connectivity index is 2.72. The zero-order chi connectivity index (χ0) is 12.8. The lowest BCUT2D eigenvalue weighted by Crippen LogP contribution is -2.25. The van der Waals surface area contributed by atoms with Crippen molar-refractivity contribution in [2.45, 2.75) is 6.42 Å². The van der Waals surface area contributed by atoms with Gasteiger partial charge in [0, 0.05) is 32.8 Å².